The van der Waals surface area contributed by atoms with Gasteiger partial charge >= 0.3 is 11.9 Å². The van der Waals surface area contributed by atoms with Crippen LogP contribution in [0, 0.1) is 0 Å². The molecular weight excluding hydrogens is 785 g/mol. The van der Waals surface area contributed by atoms with Gasteiger partial charge in [-0.3, -0.25) is 9.59 Å². The summed E-state index contributed by atoms with van der Waals surface area (Å²) in [7, 11) is 0. The van der Waals surface area contributed by atoms with Crippen molar-refractivity contribution in [1.29, 1.82) is 0 Å². The molecule has 0 bridgehead atoms. The number of rotatable bonds is 39. The molecular formula is C48H90O13. The van der Waals surface area contributed by atoms with Crippen LogP contribution in [-0.4, -0.2) is 117 Å². The van der Waals surface area contributed by atoms with Crippen LogP contribution in [0.3, 0.4) is 0 Å². The molecule has 0 aromatic rings. The second-order valence-electron chi connectivity index (χ2n) is 17.9. The molecule has 0 unspecified atom stereocenters. The van der Waals surface area contributed by atoms with Crippen LogP contribution in [0.4, 0.5) is 0 Å². The topological polar surface area (TPSA) is 202 Å². The van der Waals surface area contributed by atoms with Gasteiger partial charge in [-0.2, -0.15) is 0 Å². The zero-order valence-electron chi connectivity index (χ0n) is 38.4. The first-order valence-corrected chi connectivity index (χ1v) is 24.9. The van der Waals surface area contributed by atoms with Crippen molar-refractivity contribution in [2.45, 2.75) is 274 Å². The highest BCUT2D eigenvalue weighted by atomic mass is 16.8. The average Bonchev–Trinajstić information content (AvgIpc) is 3.52. The molecule has 2 heterocycles. The highest BCUT2D eigenvalue weighted by Gasteiger charge is 2.61. The minimum absolute atomic E-state index is 0.0419. The van der Waals surface area contributed by atoms with Gasteiger partial charge in [0, 0.05) is 12.8 Å². The zero-order chi connectivity index (χ0) is 44.6. The smallest absolute Gasteiger partial charge is 0.306 e. The van der Waals surface area contributed by atoms with Crippen LogP contribution in [0.2, 0.25) is 0 Å². The van der Waals surface area contributed by atoms with Crippen molar-refractivity contribution in [3.8, 4) is 0 Å². The molecule has 2 aliphatic rings. The van der Waals surface area contributed by atoms with Gasteiger partial charge in [0.05, 0.1) is 13.2 Å². The number of carbonyl (C=O) groups is 2. The fourth-order valence-corrected chi connectivity index (χ4v) is 8.58. The van der Waals surface area contributed by atoms with E-state index in [0.717, 1.165) is 51.4 Å². The molecule has 2 aliphatic heterocycles. The van der Waals surface area contributed by atoms with E-state index in [1.165, 1.54) is 128 Å². The Morgan fingerprint density at radius 3 is 1.20 bits per heavy atom. The lowest BCUT2D eigenvalue weighted by Crippen LogP contribution is -2.64. The normalized spacial score (nSPS) is 26.5. The summed E-state index contributed by atoms with van der Waals surface area (Å²) in [4.78, 5) is 26.1. The molecule has 0 radical (unpaired) electrons. The van der Waals surface area contributed by atoms with E-state index < -0.39 is 86.6 Å². The SMILES string of the molecule is CCCCCCCCCCCCCCCCCC(=O)O[C@H]1[C@@H](O[C@]2(CO)O[C@H](CO)[C@@H](O)[C@@H]2OC(=O)CCCCCCCCCCCCCCCCC)O[C@H](CO)[C@@H](O)[C@@H]1O. The van der Waals surface area contributed by atoms with Crippen molar-refractivity contribution in [3.63, 3.8) is 0 Å². The van der Waals surface area contributed by atoms with Crippen molar-refractivity contribution in [1.82, 2.24) is 0 Å². The van der Waals surface area contributed by atoms with E-state index in [1.807, 2.05) is 0 Å². The molecule has 0 aromatic heterocycles. The summed E-state index contributed by atoms with van der Waals surface area (Å²) in [5.74, 6) is -3.64. The van der Waals surface area contributed by atoms with Gasteiger partial charge in [-0.1, -0.05) is 194 Å². The van der Waals surface area contributed by atoms with Crippen LogP contribution in [0.25, 0.3) is 0 Å². The van der Waals surface area contributed by atoms with Gasteiger partial charge in [-0.25, -0.2) is 0 Å². The average molecular weight is 875 g/mol. The van der Waals surface area contributed by atoms with E-state index >= 15 is 0 Å². The van der Waals surface area contributed by atoms with Crippen molar-refractivity contribution < 1.29 is 63.9 Å². The lowest BCUT2D eigenvalue weighted by molar-refractivity contribution is -0.384. The lowest BCUT2D eigenvalue weighted by Gasteiger charge is -2.44. The fourth-order valence-electron chi connectivity index (χ4n) is 8.58. The third kappa shape index (κ3) is 22.4. The number of unbranched alkanes of at least 4 members (excludes halogenated alkanes) is 28. The summed E-state index contributed by atoms with van der Waals surface area (Å²) in [5.41, 5.74) is 0. The third-order valence-electron chi connectivity index (χ3n) is 12.5. The molecule has 2 fully saturated rings. The first-order valence-electron chi connectivity index (χ1n) is 24.9. The Balaban J connectivity index is 1.81. The second kappa shape index (κ2) is 34.9. The molecule has 6 N–H and O–H groups in total. The van der Waals surface area contributed by atoms with Crippen molar-refractivity contribution >= 4 is 11.9 Å². The van der Waals surface area contributed by atoms with Gasteiger partial charge in [0.1, 0.15) is 37.1 Å². The Morgan fingerprint density at radius 2 is 0.836 bits per heavy atom. The Labute approximate surface area is 369 Å². The van der Waals surface area contributed by atoms with Gasteiger partial charge < -0.3 is 54.3 Å². The van der Waals surface area contributed by atoms with Crippen molar-refractivity contribution in [3.05, 3.63) is 0 Å². The summed E-state index contributed by atoms with van der Waals surface area (Å²) in [6, 6.07) is 0. The molecule has 2 rings (SSSR count). The van der Waals surface area contributed by atoms with E-state index in [4.69, 9.17) is 23.7 Å². The van der Waals surface area contributed by atoms with E-state index in [1.54, 1.807) is 0 Å². The molecule has 61 heavy (non-hydrogen) atoms. The second-order valence-corrected chi connectivity index (χ2v) is 17.9. The predicted octanol–water partition coefficient (Wildman–Crippen LogP) is 8.23. The van der Waals surface area contributed by atoms with E-state index in [9.17, 15) is 40.2 Å². The molecule has 0 aliphatic carbocycles. The molecule has 13 heteroatoms. The molecule has 0 spiro atoms. The summed E-state index contributed by atoms with van der Waals surface area (Å²) >= 11 is 0. The standard InChI is InChI=1S/C48H90O13/c1-3-5-7-9-11-13-15-17-19-21-23-25-27-29-31-33-40(52)58-45-44(56)42(54)38(35-49)57-47(45)61-48(37-51)46(43(55)39(36-50)60-48)59-41(53)34-32-30-28-26-24-22-20-18-16-14-12-10-8-6-4-2/h38-39,42-47,49-51,54-56H,3-37H2,1-2H3/t38-,39-,42-,43-,44+,45-,46+,47-,48+/m1/s1. The molecule has 0 amide bonds. The Morgan fingerprint density at radius 1 is 0.475 bits per heavy atom. The fraction of sp³-hybridized carbons (Fsp3) is 0.958. The minimum Gasteiger partial charge on any atom is -0.454 e. The third-order valence-corrected chi connectivity index (χ3v) is 12.5. The summed E-state index contributed by atoms with van der Waals surface area (Å²) in [6.07, 6.45) is 22.7. The summed E-state index contributed by atoms with van der Waals surface area (Å²) in [6.45, 7) is 2.06. The first kappa shape index (κ1) is 55.7. The van der Waals surface area contributed by atoms with Gasteiger partial charge in [0.25, 0.3) is 0 Å². The highest BCUT2D eigenvalue weighted by Crippen LogP contribution is 2.39. The quantitative estimate of drug-likeness (QED) is 0.0255. The van der Waals surface area contributed by atoms with E-state index in [-0.39, 0.29) is 12.8 Å². The number of aliphatic hydroxyl groups is 6. The highest BCUT2D eigenvalue weighted by molar-refractivity contribution is 5.70. The number of esters is 2. The minimum atomic E-state index is -2.30. The van der Waals surface area contributed by atoms with Crippen LogP contribution in [0.15, 0.2) is 0 Å². The number of carbonyl (C=O) groups excluding carboxylic acids is 2. The van der Waals surface area contributed by atoms with Gasteiger partial charge in [-0.05, 0) is 12.8 Å². The van der Waals surface area contributed by atoms with Gasteiger partial charge in [0.15, 0.2) is 12.2 Å². The predicted molar refractivity (Wildman–Crippen MR) is 235 cm³/mol. The largest absolute Gasteiger partial charge is 0.454 e. The number of aliphatic hydroxyl groups excluding tert-OH is 6. The van der Waals surface area contributed by atoms with Crippen molar-refractivity contribution in [2.24, 2.45) is 0 Å². The van der Waals surface area contributed by atoms with Gasteiger partial charge in [0.2, 0.25) is 12.1 Å². The Hall–Kier alpha value is -1.42. The summed E-state index contributed by atoms with van der Waals surface area (Å²) < 4.78 is 28.8. The van der Waals surface area contributed by atoms with Crippen LogP contribution in [0.1, 0.15) is 219 Å². The van der Waals surface area contributed by atoms with Crippen molar-refractivity contribution in [2.75, 3.05) is 19.8 Å². The molecule has 13 nitrogen and oxygen atoms in total. The van der Waals surface area contributed by atoms with E-state index in [0.29, 0.717) is 12.8 Å². The molecule has 360 valence electrons. The molecule has 0 saturated carbocycles. The molecule has 9 atom stereocenters. The number of ether oxygens (including phenoxy) is 5. The Bertz CT molecular complexity index is 1080. The van der Waals surface area contributed by atoms with E-state index in [2.05, 4.69) is 13.8 Å². The van der Waals surface area contributed by atoms with Crippen LogP contribution in [0.5, 0.6) is 0 Å². The van der Waals surface area contributed by atoms with Gasteiger partial charge in [-0.15, -0.1) is 0 Å². The van der Waals surface area contributed by atoms with Crippen LogP contribution in [-0.2, 0) is 33.3 Å². The summed E-state index contributed by atoms with van der Waals surface area (Å²) in [5, 5.41) is 63.2. The number of hydrogen-bond donors (Lipinski definition) is 6. The number of hydrogen-bond acceptors (Lipinski definition) is 13. The monoisotopic (exact) mass is 875 g/mol. The Kier molecular flexibility index (Phi) is 31.9. The van der Waals surface area contributed by atoms with Crippen LogP contribution >= 0.6 is 0 Å². The molecule has 2 saturated heterocycles. The lowest BCUT2D eigenvalue weighted by atomic mass is 9.98. The maximum Gasteiger partial charge on any atom is 0.306 e. The van der Waals surface area contributed by atoms with Crippen LogP contribution < -0.4 is 0 Å². The first-order chi connectivity index (χ1) is 29.7. The zero-order valence-corrected chi connectivity index (χ0v) is 38.4. The molecule has 0 aromatic carbocycles. The maximum atomic E-state index is 13.1. The maximum absolute atomic E-state index is 13.1.